The molecule has 0 aliphatic carbocycles. The lowest BCUT2D eigenvalue weighted by Crippen LogP contribution is -2.37. The van der Waals surface area contributed by atoms with Crippen molar-refractivity contribution in [3.63, 3.8) is 0 Å². The molecule has 1 heterocycles. The van der Waals surface area contributed by atoms with Crippen LogP contribution in [0.4, 0.5) is 0 Å². The van der Waals surface area contributed by atoms with Crippen molar-refractivity contribution in [3.8, 4) is 5.75 Å². The molecule has 0 saturated carbocycles. The largest absolute Gasteiger partial charge is 0.496 e. The monoisotopic (exact) mass is 299 g/mol. The van der Waals surface area contributed by atoms with Crippen LogP contribution in [-0.4, -0.2) is 36.3 Å². The Morgan fingerprint density at radius 1 is 1.53 bits per heavy atom. The molecule has 1 aromatic carbocycles. The van der Waals surface area contributed by atoms with Gasteiger partial charge in [0.2, 0.25) is 0 Å². The third-order valence-corrected chi connectivity index (χ3v) is 3.61. The first-order valence-electron chi connectivity index (χ1n) is 5.92. The molecule has 1 saturated heterocycles. The van der Waals surface area contributed by atoms with Gasteiger partial charge in [0.15, 0.2) is 0 Å². The van der Waals surface area contributed by atoms with Crippen LogP contribution < -0.4 is 4.74 Å². The Kier molecular flexibility index (Phi) is 4.42. The first-order chi connectivity index (χ1) is 8.19. The zero-order chi connectivity index (χ0) is 12.3. The van der Waals surface area contributed by atoms with Gasteiger partial charge in [-0.25, -0.2) is 0 Å². The van der Waals surface area contributed by atoms with Crippen molar-refractivity contribution in [1.29, 1.82) is 0 Å². The summed E-state index contributed by atoms with van der Waals surface area (Å²) >= 11 is 3.48. The summed E-state index contributed by atoms with van der Waals surface area (Å²) in [5.74, 6) is 0.910. The average molecular weight is 300 g/mol. The molecule has 1 aromatic rings. The van der Waals surface area contributed by atoms with Crippen LogP contribution in [0.1, 0.15) is 18.4 Å². The van der Waals surface area contributed by atoms with Gasteiger partial charge in [0, 0.05) is 23.1 Å². The van der Waals surface area contributed by atoms with Crippen LogP contribution in [0.5, 0.6) is 5.75 Å². The number of hydrogen-bond donors (Lipinski definition) is 1. The van der Waals surface area contributed by atoms with Gasteiger partial charge in [-0.1, -0.05) is 15.9 Å². The Hall–Kier alpha value is -0.580. The maximum Gasteiger partial charge on any atom is 0.123 e. The van der Waals surface area contributed by atoms with E-state index in [1.807, 2.05) is 12.1 Å². The van der Waals surface area contributed by atoms with E-state index < -0.39 is 0 Å². The van der Waals surface area contributed by atoms with Crippen LogP contribution in [0, 0.1) is 0 Å². The molecule has 17 heavy (non-hydrogen) atoms. The summed E-state index contributed by atoms with van der Waals surface area (Å²) < 4.78 is 6.42. The number of aliphatic hydroxyl groups excluding tert-OH is 1. The van der Waals surface area contributed by atoms with Crippen molar-refractivity contribution >= 4 is 15.9 Å². The zero-order valence-electron chi connectivity index (χ0n) is 10.0. The van der Waals surface area contributed by atoms with E-state index in [1.54, 1.807) is 7.11 Å². The van der Waals surface area contributed by atoms with E-state index in [0.29, 0.717) is 0 Å². The van der Waals surface area contributed by atoms with E-state index >= 15 is 0 Å². The zero-order valence-corrected chi connectivity index (χ0v) is 11.6. The summed E-state index contributed by atoms with van der Waals surface area (Å²) in [7, 11) is 1.69. The van der Waals surface area contributed by atoms with Crippen molar-refractivity contribution in [3.05, 3.63) is 28.2 Å². The van der Waals surface area contributed by atoms with Crippen LogP contribution >= 0.6 is 15.9 Å². The Morgan fingerprint density at radius 2 is 2.35 bits per heavy atom. The first kappa shape index (κ1) is 12.9. The summed E-state index contributed by atoms with van der Waals surface area (Å²) in [6.07, 6.45) is 1.81. The number of halogens is 1. The Morgan fingerprint density at radius 3 is 3.06 bits per heavy atom. The summed E-state index contributed by atoms with van der Waals surface area (Å²) in [5.41, 5.74) is 1.16. The molecule has 0 spiro atoms. The first-order valence-corrected chi connectivity index (χ1v) is 6.71. The second kappa shape index (κ2) is 5.85. The van der Waals surface area contributed by atoms with Gasteiger partial charge in [-0.3, -0.25) is 4.90 Å². The molecule has 0 amide bonds. The molecule has 1 aliphatic heterocycles. The molecule has 1 aliphatic rings. The number of piperidine rings is 1. The van der Waals surface area contributed by atoms with E-state index in [-0.39, 0.29) is 6.10 Å². The lowest BCUT2D eigenvalue weighted by atomic mass is 10.1. The standard InChI is InChI=1S/C13H18BrNO2/c1-17-13-5-4-11(14)7-10(13)8-15-6-2-3-12(16)9-15/h4-5,7,12,16H,2-3,6,8-9H2,1H3. The molecule has 1 unspecified atom stereocenters. The van der Waals surface area contributed by atoms with E-state index in [1.165, 1.54) is 0 Å². The second-order valence-corrected chi connectivity index (χ2v) is 5.40. The molecule has 3 nitrogen and oxygen atoms in total. The predicted octanol–water partition coefficient (Wildman–Crippen LogP) is 2.41. The minimum atomic E-state index is -0.179. The third-order valence-electron chi connectivity index (χ3n) is 3.12. The highest BCUT2D eigenvalue weighted by Gasteiger charge is 2.18. The Labute approximate surface area is 111 Å². The van der Waals surface area contributed by atoms with Crippen LogP contribution in [0.2, 0.25) is 0 Å². The van der Waals surface area contributed by atoms with Gasteiger partial charge in [0.25, 0.3) is 0 Å². The van der Waals surface area contributed by atoms with E-state index in [0.717, 1.165) is 48.3 Å². The number of β-amino-alcohol motifs (C(OH)–C–C–N with tert-alkyl or cyclic N) is 1. The minimum absolute atomic E-state index is 0.179. The number of rotatable bonds is 3. The highest BCUT2D eigenvalue weighted by molar-refractivity contribution is 9.10. The fourth-order valence-electron chi connectivity index (χ4n) is 2.29. The van der Waals surface area contributed by atoms with Crippen LogP contribution in [-0.2, 0) is 6.54 Å². The minimum Gasteiger partial charge on any atom is -0.496 e. The van der Waals surface area contributed by atoms with E-state index in [4.69, 9.17) is 4.74 Å². The molecule has 0 radical (unpaired) electrons. The summed E-state index contributed by atoms with van der Waals surface area (Å²) in [5, 5.41) is 9.66. The molecule has 0 bridgehead atoms. The van der Waals surface area contributed by atoms with Crippen molar-refractivity contribution < 1.29 is 9.84 Å². The Bertz CT molecular complexity index is 384. The van der Waals surface area contributed by atoms with Crippen molar-refractivity contribution in [2.45, 2.75) is 25.5 Å². The molecular formula is C13H18BrNO2. The molecule has 94 valence electrons. The van der Waals surface area contributed by atoms with Gasteiger partial charge < -0.3 is 9.84 Å². The quantitative estimate of drug-likeness (QED) is 0.930. The number of likely N-dealkylation sites (tertiary alicyclic amines) is 1. The molecule has 1 N–H and O–H groups in total. The number of benzene rings is 1. The maximum atomic E-state index is 9.66. The number of nitrogens with zero attached hydrogens (tertiary/aromatic N) is 1. The highest BCUT2D eigenvalue weighted by Crippen LogP contribution is 2.25. The van der Waals surface area contributed by atoms with Gasteiger partial charge in [-0.15, -0.1) is 0 Å². The van der Waals surface area contributed by atoms with Gasteiger partial charge in [0.05, 0.1) is 13.2 Å². The molecule has 1 fully saturated rings. The van der Waals surface area contributed by atoms with Crippen molar-refractivity contribution in [2.24, 2.45) is 0 Å². The fourth-order valence-corrected chi connectivity index (χ4v) is 2.69. The van der Waals surface area contributed by atoms with Gasteiger partial charge >= 0.3 is 0 Å². The van der Waals surface area contributed by atoms with E-state index in [2.05, 4.69) is 26.9 Å². The summed E-state index contributed by atoms with van der Waals surface area (Å²) in [4.78, 5) is 2.28. The topological polar surface area (TPSA) is 32.7 Å². The lowest BCUT2D eigenvalue weighted by Gasteiger charge is -2.30. The number of ether oxygens (including phenoxy) is 1. The molecule has 0 aromatic heterocycles. The van der Waals surface area contributed by atoms with Crippen LogP contribution in [0.3, 0.4) is 0 Å². The smallest absolute Gasteiger partial charge is 0.123 e. The highest BCUT2D eigenvalue weighted by atomic mass is 79.9. The second-order valence-electron chi connectivity index (χ2n) is 4.49. The Balaban J connectivity index is 2.08. The lowest BCUT2D eigenvalue weighted by molar-refractivity contribution is 0.0664. The number of aliphatic hydroxyl groups is 1. The number of hydrogen-bond acceptors (Lipinski definition) is 3. The molecule has 4 heteroatoms. The maximum absolute atomic E-state index is 9.66. The third kappa shape index (κ3) is 3.44. The van der Waals surface area contributed by atoms with E-state index in [9.17, 15) is 5.11 Å². The van der Waals surface area contributed by atoms with Crippen molar-refractivity contribution in [1.82, 2.24) is 4.90 Å². The van der Waals surface area contributed by atoms with Gasteiger partial charge in [-0.2, -0.15) is 0 Å². The number of methoxy groups -OCH3 is 1. The van der Waals surface area contributed by atoms with Gasteiger partial charge in [0.1, 0.15) is 5.75 Å². The molecule has 2 rings (SSSR count). The fraction of sp³-hybridized carbons (Fsp3) is 0.538. The van der Waals surface area contributed by atoms with Gasteiger partial charge in [-0.05, 0) is 37.6 Å². The average Bonchev–Trinajstić information content (AvgIpc) is 2.29. The SMILES string of the molecule is COc1ccc(Br)cc1CN1CCCC(O)C1. The van der Waals surface area contributed by atoms with Crippen LogP contribution in [0.25, 0.3) is 0 Å². The molecule has 1 atom stereocenters. The molecular weight excluding hydrogens is 282 g/mol. The normalized spacial score (nSPS) is 21.5. The summed E-state index contributed by atoms with van der Waals surface area (Å²) in [6, 6.07) is 6.03. The van der Waals surface area contributed by atoms with Crippen molar-refractivity contribution in [2.75, 3.05) is 20.2 Å². The summed E-state index contributed by atoms with van der Waals surface area (Å²) in [6.45, 7) is 2.64. The predicted molar refractivity (Wildman–Crippen MR) is 71.2 cm³/mol. The van der Waals surface area contributed by atoms with Crippen LogP contribution in [0.15, 0.2) is 22.7 Å².